The Morgan fingerprint density at radius 3 is 2.46 bits per heavy atom. The maximum Gasteiger partial charge on any atom is 0.323 e. The maximum atomic E-state index is 15.4. The molecule has 0 radical (unpaired) electrons. The van der Waals surface area contributed by atoms with Crippen LogP contribution in [-0.4, -0.2) is 56.9 Å². The van der Waals surface area contributed by atoms with E-state index in [0.717, 1.165) is 5.56 Å². The van der Waals surface area contributed by atoms with Crippen molar-refractivity contribution in [3.8, 4) is 11.5 Å². The van der Waals surface area contributed by atoms with Crippen molar-refractivity contribution < 1.29 is 28.6 Å². The van der Waals surface area contributed by atoms with Gasteiger partial charge in [0, 0.05) is 12.1 Å². The third-order valence-corrected chi connectivity index (χ3v) is 6.27. The van der Waals surface area contributed by atoms with Crippen LogP contribution in [0.5, 0.6) is 11.5 Å². The van der Waals surface area contributed by atoms with Crippen LogP contribution in [0.1, 0.15) is 61.7 Å². The molecule has 0 unspecified atom stereocenters. The molecule has 2 N–H and O–H groups in total. The molecule has 0 atom stereocenters. The van der Waals surface area contributed by atoms with E-state index in [1.807, 2.05) is 20.8 Å². The van der Waals surface area contributed by atoms with Crippen LogP contribution in [0.3, 0.4) is 0 Å². The van der Waals surface area contributed by atoms with Crippen LogP contribution in [0.2, 0.25) is 0 Å². The summed E-state index contributed by atoms with van der Waals surface area (Å²) in [6, 6.07) is 5.08. The zero-order valence-electron chi connectivity index (χ0n) is 21.6. The molecule has 1 aliphatic rings. The van der Waals surface area contributed by atoms with Crippen molar-refractivity contribution in [1.82, 2.24) is 14.5 Å². The predicted octanol–water partition coefficient (Wildman–Crippen LogP) is 4.38. The molecule has 0 amide bonds. The van der Waals surface area contributed by atoms with Gasteiger partial charge in [-0.15, -0.1) is 0 Å². The third-order valence-electron chi connectivity index (χ3n) is 6.27. The van der Waals surface area contributed by atoms with Crippen LogP contribution in [-0.2, 0) is 23.3 Å². The number of halogens is 1. The van der Waals surface area contributed by atoms with E-state index in [1.54, 1.807) is 32.0 Å². The number of nitrogens with one attached hydrogen (secondary N) is 1. The summed E-state index contributed by atoms with van der Waals surface area (Å²) < 4.78 is 27.9. The number of carbonyl (C=O) groups excluding carboxylic acids is 1. The Balaban J connectivity index is 1.69. The first-order valence-corrected chi connectivity index (χ1v) is 12.1. The highest BCUT2D eigenvalue weighted by molar-refractivity contribution is 6.07. The Hall–Kier alpha value is -3.95. The van der Waals surface area contributed by atoms with Crippen LogP contribution in [0, 0.1) is 11.2 Å². The summed E-state index contributed by atoms with van der Waals surface area (Å²) >= 11 is 0. The lowest BCUT2D eigenvalue weighted by atomic mass is 9.84. The molecular formula is C27H31FN4O5. The third kappa shape index (κ3) is 4.87. The van der Waals surface area contributed by atoms with Gasteiger partial charge >= 0.3 is 5.97 Å². The molecule has 0 spiro atoms. The maximum absolute atomic E-state index is 15.4. The molecule has 2 heterocycles. The van der Waals surface area contributed by atoms with Crippen LogP contribution < -0.4 is 9.47 Å². The van der Waals surface area contributed by atoms with E-state index in [0.29, 0.717) is 28.8 Å². The van der Waals surface area contributed by atoms with Crippen molar-refractivity contribution in [2.24, 2.45) is 0 Å². The zero-order chi connectivity index (χ0) is 27.1. The second-order valence-corrected chi connectivity index (χ2v) is 9.95. The van der Waals surface area contributed by atoms with Crippen LogP contribution in [0.25, 0.3) is 11.0 Å². The average Bonchev–Trinajstić information content (AvgIpc) is 3.35. The molecule has 0 saturated heterocycles. The molecule has 0 fully saturated rings. The number of aliphatic carboxylic acids is 1. The minimum absolute atomic E-state index is 0.0343. The van der Waals surface area contributed by atoms with Crippen LogP contribution in [0.4, 0.5) is 4.39 Å². The normalized spacial score (nSPS) is 13.2. The molecule has 0 bridgehead atoms. The van der Waals surface area contributed by atoms with E-state index < -0.39 is 11.8 Å². The van der Waals surface area contributed by atoms with Crippen molar-refractivity contribution in [2.75, 3.05) is 19.8 Å². The minimum Gasteiger partial charge on any atom is -0.490 e. The smallest absolute Gasteiger partial charge is 0.323 e. The number of ketones is 1. The number of benzene rings is 2. The van der Waals surface area contributed by atoms with E-state index >= 15 is 4.39 Å². The summed E-state index contributed by atoms with van der Waals surface area (Å²) in [7, 11) is 0. The van der Waals surface area contributed by atoms with E-state index in [2.05, 4.69) is 4.98 Å². The van der Waals surface area contributed by atoms with Crippen molar-refractivity contribution >= 4 is 28.6 Å². The van der Waals surface area contributed by atoms with Gasteiger partial charge in [-0.2, -0.15) is 0 Å². The number of hydrogen-bond donors (Lipinski definition) is 2. The van der Waals surface area contributed by atoms with Gasteiger partial charge in [0.1, 0.15) is 12.4 Å². The summed E-state index contributed by atoms with van der Waals surface area (Å²) in [6.45, 7) is 9.82. The first kappa shape index (κ1) is 26.1. The van der Waals surface area contributed by atoms with Crippen molar-refractivity contribution in [1.29, 1.82) is 5.41 Å². The topological polar surface area (TPSA) is 118 Å². The Kier molecular flexibility index (Phi) is 6.94. The van der Waals surface area contributed by atoms with Crippen molar-refractivity contribution in [3.63, 3.8) is 0 Å². The summed E-state index contributed by atoms with van der Waals surface area (Å²) in [5.74, 6) is -1.82. The highest BCUT2D eigenvalue weighted by Crippen LogP contribution is 2.39. The minimum atomic E-state index is -1.02. The number of Topliss-reactive ketones (excluding diaryl/α,β-unsaturated/α-hetero) is 1. The molecule has 196 valence electrons. The number of fused-ring (bicyclic) bond motifs is 2. The number of carbonyl (C=O) groups is 2. The summed E-state index contributed by atoms with van der Waals surface area (Å²) in [4.78, 5) is 30.7. The molecule has 1 aromatic heterocycles. The summed E-state index contributed by atoms with van der Waals surface area (Å²) in [5.41, 5.74) is 2.66. The van der Waals surface area contributed by atoms with Gasteiger partial charge in [0.05, 0.1) is 42.7 Å². The molecule has 1 aliphatic heterocycles. The number of imidazole rings is 1. The Labute approximate surface area is 214 Å². The summed E-state index contributed by atoms with van der Waals surface area (Å²) in [5, 5.41) is 17.9. The molecule has 2 aromatic carbocycles. The van der Waals surface area contributed by atoms with Gasteiger partial charge < -0.3 is 24.0 Å². The van der Waals surface area contributed by atoms with E-state index in [9.17, 15) is 14.7 Å². The number of ether oxygens (including phenoxy) is 2. The van der Waals surface area contributed by atoms with Gasteiger partial charge in [-0.05, 0) is 48.6 Å². The molecule has 3 aromatic rings. The highest BCUT2D eigenvalue weighted by atomic mass is 19.1. The number of hydrogen-bond acceptors (Lipinski definition) is 6. The monoisotopic (exact) mass is 510 g/mol. The van der Waals surface area contributed by atoms with Gasteiger partial charge in [-0.25, -0.2) is 9.37 Å². The van der Waals surface area contributed by atoms with E-state index in [-0.39, 0.29) is 60.3 Å². The number of nitrogens with zero attached hydrogens (tertiary/aromatic N) is 3. The second kappa shape index (κ2) is 9.84. The highest BCUT2D eigenvalue weighted by Gasteiger charge is 2.33. The Bertz CT molecular complexity index is 1410. The lowest BCUT2D eigenvalue weighted by Crippen LogP contribution is -2.30. The van der Waals surface area contributed by atoms with E-state index in [1.165, 1.54) is 15.8 Å². The summed E-state index contributed by atoms with van der Waals surface area (Å²) in [6.07, 6.45) is 1.46. The Morgan fingerprint density at radius 1 is 1.14 bits per heavy atom. The lowest BCUT2D eigenvalue weighted by molar-refractivity contribution is -0.137. The number of rotatable bonds is 9. The second-order valence-electron chi connectivity index (χ2n) is 9.95. The van der Waals surface area contributed by atoms with Gasteiger partial charge in [0.2, 0.25) is 0 Å². The molecule has 0 aliphatic carbocycles. The first-order valence-electron chi connectivity index (χ1n) is 12.1. The molecule has 9 nitrogen and oxygen atoms in total. The quantitative estimate of drug-likeness (QED) is 0.410. The SMILES string of the molecule is CCOc1cc2c(c(F)c1OCC)C(=N)N(CC(=O)c1cc(C(C)(C)C)c3ncn(CC(=O)O)c3c1)C2. The van der Waals surface area contributed by atoms with Crippen LogP contribution >= 0.6 is 0 Å². The average molecular weight is 511 g/mol. The number of carboxylic acids is 1. The zero-order valence-corrected chi connectivity index (χ0v) is 21.6. The van der Waals surface area contributed by atoms with Crippen molar-refractivity contribution in [3.05, 3.63) is 52.6 Å². The largest absolute Gasteiger partial charge is 0.490 e. The van der Waals surface area contributed by atoms with E-state index in [4.69, 9.17) is 14.9 Å². The van der Waals surface area contributed by atoms with Crippen LogP contribution in [0.15, 0.2) is 24.5 Å². The molecule has 10 heteroatoms. The fraction of sp³-hybridized carbons (Fsp3) is 0.407. The van der Waals surface area contributed by atoms with Gasteiger partial charge in [-0.1, -0.05) is 20.8 Å². The molecular weight excluding hydrogens is 479 g/mol. The Morgan fingerprint density at radius 2 is 1.84 bits per heavy atom. The fourth-order valence-corrected chi connectivity index (χ4v) is 4.59. The fourth-order valence-electron chi connectivity index (χ4n) is 4.59. The van der Waals surface area contributed by atoms with Gasteiger partial charge in [0.15, 0.2) is 23.1 Å². The molecule has 0 saturated carbocycles. The number of aromatic nitrogens is 2. The number of carboxylic acid groups (broad SMARTS) is 1. The number of amidine groups is 1. The first-order chi connectivity index (χ1) is 17.5. The van der Waals surface area contributed by atoms with Crippen molar-refractivity contribution in [2.45, 2.75) is 53.1 Å². The van der Waals surface area contributed by atoms with Gasteiger partial charge in [-0.3, -0.25) is 15.0 Å². The lowest BCUT2D eigenvalue weighted by Gasteiger charge is -2.22. The standard InChI is InChI=1S/C27H31FN4O5/c1-6-36-20-10-16-11-31(26(29)22(16)23(28)25(20)37-7-2)12-19(33)15-8-17(27(3,4)5)24-18(9-15)32(14-30-24)13-21(34)35/h8-10,14,29H,6-7,11-13H2,1-5H3,(H,34,35). The predicted molar refractivity (Wildman–Crippen MR) is 136 cm³/mol. The molecule has 37 heavy (non-hydrogen) atoms. The molecule has 4 rings (SSSR count). The van der Waals surface area contributed by atoms with Gasteiger partial charge in [0.25, 0.3) is 0 Å².